The van der Waals surface area contributed by atoms with Crippen molar-refractivity contribution in [2.45, 2.75) is 4.90 Å². The number of nitrogens with zero attached hydrogens (tertiary/aromatic N) is 3. The highest BCUT2D eigenvalue weighted by atomic mass is 32.2. The van der Waals surface area contributed by atoms with Gasteiger partial charge in [0, 0.05) is 38.7 Å². The quantitative estimate of drug-likeness (QED) is 0.304. The maximum absolute atomic E-state index is 12.8. The van der Waals surface area contributed by atoms with Crippen molar-refractivity contribution in [3.05, 3.63) is 90.6 Å². The molecule has 10 heteroatoms. The van der Waals surface area contributed by atoms with Crippen LogP contribution < -0.4 is 9.47 Å². The van der Waals surface area contributed by atoms with E-state index in [0.717, 1.165) is 6.26 Å². The predicted octanol–water partition coefficient (Wildman–Crippen LogP) is 5.31. The van der Waals surface area contributed by atoms with Gasteiger partial charge in [0.2, 0.25) is 0 Å². The fraction of sp³-hybridized carbons (Fsp3) is 0.107. The molecular formula is C28H24N4O5S. The molecule has 0 aliphatic heterocycles. The second kappa shape index (κ2) is 9.98. The van der Waals surface area contributed by atoms with Gasteiger partial charge in [-0.25, -0.2) is 13.4 Å². The summed E-state index contributed by atoms with van der Waals surface area (Å²) in [5.41, 5.74) is 2.35. The molecule has 0 spiro atoms. The number of carbonyl (C=O) groups excluding carboxylic acids is 1. The van der Waals surface area contributed by atoms with Crippen LogP contribution in [0.15, 0.2) is 90.0 Å². The van der Waals surface area contributed by atoms with Gasteiger partial charge >= 0.3 is 0 Å². The molecule has 2 aromatic heterocycles. The Kier molecular flexibility index (Phi) is 6.56. The summed E-state index contributed by atoms with van der Waals surface area (Å²) in [6, 6.07) is 22.0. The summed E-state index contributed by atoms with van der Waals surface area (Å²) < 4.78 is 36.1. The van der Waals surface area contributed by atoms with E-state index < -0.39 is 9.84 Å². The van der Waals surface area contributed by atoms with E-state index in [1.165, 1.54) is 17.0 Å². The van der Waals surface area contributed by atoms with E-state index in [1.54, 1.807) is 68.8 Å². The molecular weight excluding hydrogens is 504 g/mol. The Morgan fingerprint density at radius 2 is 1.58 bits per heavy atom. The SMILES string of the molecule is CN(C)C(=O)c1ccccc1Oc1cc2nc(-c3ccccn3)[nH]c2cc1Oc1ccc(S(C)(=O)=O)cc1. The summed E-state index contributed by atoms with van der Waals surface area (Å²) in [4.78, 5) is 26.7. The van der Waals surface area contributed by atoms with Crippen LogP contribution in [-0.2, 0) is 9.84 Å². The zero-order chi connectivity index (χ0) is 26.9. The molecule has 5 aromatic rings. The highest BCUT2D eigenvalue weighted by Crippen LogP contribution is 2.39. The van der Waals surface area contributed by atoms with E-state index in [1.807, 2.05) is 18.2 Å². The first kappa shape index (κ1) is 25.0. The number of pyridine rings is 1. The average Bonchev–Trinajstić information content (AvgIpc) is 3.32. The van der Waals surface area contributed by atoms with Crippen molar-refractivity contribution in [1.82, 2.24) is 19.9 Å². The van der Waals surface area contributed by atoms with Crippen molar-refractivity contribution in [3.63, 3.8) is 0 Å². The molecule has 0 atom stereocenters. The summed E-state index contributed by atoms with van der Waals surface area (Å²) >= 11 is 0. The number of aromatic nitrogens is 3. The molecule has 1 amide bonds. The lowest BCUT2D eigenvalue weighted by atomic mass is 10.1. The summed E-state index contributed by atoms with van der Waals surface area (Å²) in [5, 5.41) is 0. The minimum atomic E-state index is -3.35. The third-order valence-electron chi connectivity index (χ3n) is 5.68. The Bertz CT molecular complexity index is 1730. The van der Waals surface area contributed by atoms with E-state index in [4.69, 9.17) is 9.47 Å². The van der Waals surface area contributed by atoms with Crippen LogP contribution in [0.3, 0.4) is 0 Å². The molecule has 0 aliphatic rings. The van der Waals surface area contributed by atoms with Gasteiger partial charge in [-0.1, -0.05) is 18.2 Å². The molecule has 5 rings (SSSR count). The number of fused-ring (bicyclic) bond motifs is 1. The Morgan fingerprint density at radius 1 is 0.868 bits per heavy atom. The second-order valence-corrected chi connectivity index (χ2v) is 10.8. The number of benzene rings is 3. The number of amides is 1. The van der Waals surface area contributed by atoms with Crippen molar-refractivity contribution in [3.8, 4) is 34.5 Å². The highest BCUT2D eigenvalue weighted by Gasteiger charge is 2.19. The Morgan fingerprint density at radius 3 is 2.26 bits per heavy atom. The van der Waals surface area contributed by atoms with Gasteiger partial charge in [-0.15, -0.1) is 0 Å². The van der Waals surface area contributed by atoms with Gasteiger partial charge in [-0.2, -0.15) is 0 Å². The lowest BCUT2D eigenvalue weighted by Gasteiger charge is -2.16. The zero-order valence-corrected chi connectivity index (χ0v) is 21.7. The standard InChI is InChI=1S/C28H24N4O5S/c1-32(2)28(33)20-8-4-5-10-24(20)37-26-17-23-22(30-27(31-23)21-9-6-7-15-29-21)16-25(26)36-18-11-13-19(14-12-18)38(3,34)35/h4-17H,1-3H3,(H,30,31). The molecule has 0 fully saturated rings. The van der Waals surface area contributed by atoms with Crippen LogP contribution in [-0.4, -0.2) is 54.5 Å². The lowest BCUT2D eigenvalue weighted by molar-refractivity contribution is 0.0825. The van der Waals surface area contributed by atoms with Gasteiger partial charge < -0.3 is 19.4 Å². The maximum Gasteiger partial charge on any atom is 0.257 e. The Balaban J connectivity index is 1.59. The van der Waals surface area contributed by atoms with Crippen molar-refractivity contribution in [2.24, 2.45) is 0 Å². The van der Waals surface area contributed by atoms with Crippen LogP contribution in [0.25, 0.3) is 22.6 Å². The number of imidazole rings is 1. The smallest absolute Gasteiger partial charge is 0.257 e. The number of sulfone groups is 1. The first-order chi connectivity index (χ1) is 18.2. The average molecular weight is 529 g/mol. The van der Waals surface area contributed by atoms with E-state index in [9.17, 15) is 13.2 Å². The van der Waals surface area contributed by atoms with Gasteiger partial charge in [-0.05, 0) is 48.5 Å². The number of hydrogen-bond acceptors (Lipinski definition) is 7. The number of H-pyrrole nitrogens is 1. The first-order valence-corrected chi connectivity index (χ1v) is 13.5. The zero-order valence-electron chi connectivity index (χ0n) is 20.9. The molecule has 9 nitrogen and oxygen atoms in total. The molecule has 0 bridgehead atoms. The lowest BCUT2D eigenvalue weighted by Crippen LogP contribution is -2.22. The summed E-state index contributed by atoms with van der Waals surface area (Å²) in [6.45, 7) is 0. The first-order valence-electron chi connectivity index (χ1n) is 11.6. The van der Waals surface area contributed by atoms with Gasteiger partial charge in [0.05, 0.1) is 21.5 Å². The number of ether oxygens (including phenoxy) is 2. The van der Waals surface area contributed by atoms with Crippen LogP contribution in [0.1, 0.15) is 10.4 Å². The molecule has 0 aliphatic carbocycles. The van der Waals surface area contributed by atoms with E-state index in [2.05, 4.69) is 15.0 Å². The van der Waals surface area contributed by atoms with Gasteiger partial charge in [-0.3, -0.25) is 9.78 Å². The molecule has 0 saturated heterocycles. The van der Waals surface area contributed by atoms with Crippen LogP contribution in [0.5, 0.6) is 23.0 Å². The predicted molar refractivity (Wildman–Crippen MR) is 143 cm³/mol. The maximum atomic E-state index is 12.8. The van der Waals surface area contributed by atoms with Crippen LogP contribution in [0, 0.1) is 0 Å². The largest absolute Gasteiger partial charge is 0.453 e. The summed E-state index contributed by atoms with van der Waals surface area (Å²) in [7, 11) is -0.0103. The van der Waals surface area contributed by atoms with Crippen LogP contribution in [0.2, 0.25) is 0 Å². The normalized spacial score (nSPS) is 11.3. The van der Waals surface area contributed by atoms with E-state index in [0.29, 0.717) is 51.1 Å². The second-order valence-electron chi connectivity index (χ2n) is 8.76. The minimum absolute atomic E-state index is 0.182. The topological polar surface area (TPSA) is 114 Å². The number of aromatic amines is 1. The molecule has 1 N–H and O–H groups in total. The van der Waals surface area contributed by atoms with Gasteiger partial charge in [0.15, 0.2) is 27.2 Å². The molecule has 0 saturated carbocycles. The number of carbonyl (C=O) groups is 1. The summed E-state index contributed by atoms with van der Waals surface area (Å²) in [6.07, 6.45) is 2.83. The molecule has 3 aromatic carbocycles. The minimum Gasteiger partial charge on any atom is -0.453 e. The van der Waals surface area contributed by atoms with Crippen molar-refractivity contribution in [1.29, 1.82) is 0 Å². The summed E-state index contributed by atoms with van der Waals surface area (Å²) in [5.74, 6) is 1.78. The van der Waals surface area contributed by atoms with Crippen LogP contribution >= 0.6 is 0 Å². The Hall–Kier alpha value is -4.70. The van der Waals surface area contributed by atoms with E-state index in [-0.39, 0.29) is 10.8 Å². The number of para-hydroxylation sites is 1. The van der Waals surface area contributed by atoms with Crippen molar-refractivity contribution in [2.75, 3.05) is 20.4 Å². The third-order valence-corrected chi connectivity index (χ3v) is 6.81. The Labute approximate surface area is 219 Å². The van der Waals surface area contributed by atoms with Gasteiger partial charge in [0.1, 0.15) is 17.2 Å². The molecule has 0 radical (unpaired) electrons. The number of nitrogens with one attached hydrogen (secondary N) is 1. The highest BCUT2D eigenvalue weighted by molar-refractivity contribution is 7.90. The number of hydrogen-bond donors (Lipinski definition) is 1. The van der Waals surface area contributed by atoms with Crippen LogP contribution in [0.4, 0.5) is 0 Å². The fourth-order valence-corrected chi connectivity index (χ4v) is 4.41. The monoisotopic (exact) mass is 528 g/mol. The molecule has 2 heterocycles. The van der Waals surface area contributed by atoms with Crippen molar-refractivity contribution >= 4 is 26.8 Å². The third kappa shape index (κ3) is 5.21. The van der Waals surface area contributed by atoms with Crippen molar-refractivity contribution < 1.29 is 22.7 Å². The van der Waals surface area contributed by atoms with Gasteiger partial charge in [0.25, 0.3) is 5.91 Å². The fourth-order valence-electron chi connectivity index (χ4n) is 3.78. The molecule has 38 heavy (non-hydrogen) atoms. The molecule has 192 valence electrons. The number of rotatable bonds is 7. The van der Waals surface area contributed by atoms with E-state index >= 15 is 0 Å². The molecule has 0 unspecified atom stereocenters.